The average molecular weight is 364 g/mol. The van der Waals surface area contributed by atoms with Gasteiger partial charge in [0.1, 0.15) is 0 Å². The Kier molecular flexibility index (Phi) is 5.39. The lowest BCUT2D eigenvalue weighted by Gasteiger charge is -2.32. The predicted molar refractivity (Wildman–Crippen MR) is 103 cm³/mol. The Morgan fingerprint density at radius 2 is 1.81 bits per heavy atom. The molecule has 0 N–H and O–H groups in total. The van der Waals surface area contributed by atoms with Gasteiger partial charge in [0.05, 0.1) is 18.3 Å². The largest absolute Gasteiger partial charge is 0.336 e. The number of likely N-dealkylation sites (tertiary alicyclic amines) is 1. The average Bonchev–Trinajstić information content (AvgIpc) is 3.23. The number of pyridine rings is 1. The van der Waals surface area contributed by atoms with Crippen LogP contribution in [0.25, 0.3) is 11.3 Å². The molecule has 0 atom stereocenters. The van der Waals surface area contributed by atoms with Crippen LogP contribution in [-0.2, 0) is 13.1 Å². The van der Waals surface area contributed by atoms with Gasteiger partial charge in [0.25, 0.3) is 5.56 Å². The van der Waals surface area contributed by atoms with Crippen LogP contribution in [0.15, 0.2) is 60.4 Å². The van der Waals surface area contributed by atoms with Crippen molar-refractivity contribution in [1.82, 2.24) is 29.0 Å². The number of imidazole rings is 1. The molecule has 4 heterocycles. The van der Waals surface area contributed by atoms with Crippen LogP contribution in [-0.4, -0.2) is 48.6 Å². The smallest absolute Gasteiger partial charge is 0.253 e. The minimum Gasteiger partial charge on any atom is -0.336 e. The molecule has 0 bridgehead atoms. The van der Waals surface area contributed by atoms with Crippen molar-refractivity contribution in [3.63, 3.8) is 0 Å². The predicted octanol–water partition coefficient (Wildman–Crippen LogP) is 1.91. The van der Waals surface area contributed by atoms with Crippen molar-refractivity contribution in [2.75, 3.05) is 19.6 Å². The molecule has 27 heavy (non-hydrogen) atoms. The SMILES string of the molecule is O=c1cc(-c2ccncc2)ncn1CC1CCN(CCn2ccnc2)CC1. The summed E-state index contributed by atoms with van der Waals surface area (Å²) in [5.41, 5.74) is 1.63. The third-order valence-corrected chi connectivity index (χ3v) is 5.25. The van der Waals surface area contributed by atoms with Crippen LogP contribution in [0.5, 0.6) is 0 Å². The van der Waals surface area contributed by atoms with Gasteiger partial charge in [-0.05, 0) is 44.0 Å². The third-order valence-electron chi connectivity index (χ3n) is 5.25. The number of rotatable bonds is 6. The zero-order valence-electron chi connectivity index (χ0n) is 15.3. The maximum atomic E-state index is 12.5. The van der Waals surface area contributed by atoms with E-state index in [2.05, 4.69) is 24.4 Å². The standard InChI is InChI=1S/C20H24N6O/c27-20-13-19(18-1-5-21-6-2-18)23-16-26(20)14-17-3-8-24(9-4-17)11-12-25-10-7-22-15-25/h1-2,5-7,10,13,15-17H,3-4,8-9,11-12,14H2. The molecule has 0 spiro atoms. The van der Waals surface area contributed by atoms with Crippen LogP contribution in [0.1, 0.15) is 12.8 Å². The molecule has 1 saturated heterocycles. The Morgan fingerprint density at radius 1 is 1.00 bits per heavy atom. The fraction of sp³-hybridized carbons (Fsp3) is 0.400. The monoisotopic (exact) mass is 364 g/mol. The maximum Gasteiger partial charge on any atom is 0.253 e. The fourth-order valence-electron chi connectivity index (χ4n) is 3.59. The number of hydrogen-bond acceptors (Lipinski definition) is 5. The van der Waals surface area contributed by atoms with E-state index in [1.807, 2.05) is 30.9 Å². The second kappa shape index (κ2) is 8.26. The van der Waals surface area contributed by atoms with E-state index in [0.29, 0.717) is 11.6 Å². The molecule has 0 saturated carbocycles. The Hall–Kier alpha value is -2.80. The number of hydrogen-bond donors (Lipinski definition) is 0. The molecular formula is C20H24N6O. The van der Waals surface area contributed by atoms with Crippen molar-refractivity contribution >= 4 is 0 Å². The Balaban J connectivity index is 1.30. The first kappa shape index (κ1) is 17.6. The van der Waals surface area contributed by atoms with E-state index < -0.39 is 0 Å². The van der Waals surface area contributed by atoms with E-state index in [-0.39, 0.29) is 5.56 Å². The lowest BCUT2D eigenvalue weighted by Crippen LogP contribution is -2.37. The van der Waals surface area contributed by atoms with Crippen LogP contribution in [0.4, 0.5) is 0 Å². The normalized spacial score (nSPS) is 15.9. The summed E-state index contributed by atoms with van der Waals surface area (Å²) in [6.07, 6.45) is 13.0. The molecule has 4 rings (SSSR count). The maximum absolute atomic E-state index is 12.5. The summed E-state index contributed by atoms with van der Waals surface area (Å²) in [4.78, 5) is 27.5. The van der Waals surface area contributed by atoms with Crippen molar-refractivity contribution < 1.29 is 0 Å². The summed E-state index contributed by atoms with van der Waals surface area (Å²) in [7, 11) is 0. The number of aromatic nitrogens is 5. The van der Waals surface area contributed by atoms with E-state index in [9.17, 15) is 4.79 Å². The van der Waals surface area contributed by atoms with Gasteiger partial charge >= 0.3 is 0 Å². The Bertz CT molecular complexity index is 898. The summed E-state index contributed by atoms with van der Waals surface area (Å²) in [5.74, 6) is 0.528. The first-order valence-corrected chi connectivity index (χ1v) is 9.43. The molecule has 0 unspecified atom stereocenters. The molecular weight excluding hydrogens is 340 g/mol. The topological polar surface area (TPSA) is 68.8 Å². The van der Waals surface area contributed by atoms with Crippen LogP contribution in [0.3, 0.4) is 0 Å². The molecule has 7 nitrogen and oxygen atoms in total. The fourth-order valence-corrected chi connectivity index (χ4v) is 3.59. The van der Waals surface area contributed by atoms with E-state index in [0.717, 1.165) is 51.1 Å². The summed E-state index contributed by atoms with van der Waals surface area (Å²) >= 11 is 0. The van der Waals surface area contributed by atoms with E-state index in [4.69, 9.17) is 0 Å². The molecule has 7 heteroatoms. The molecule has 0 amide bonds. The van der Waals surface area contributed by atoms with Crippen LogP contribution in [0, 0.1) is 5.92 Å². The van der Waals surface area contributed by atoms with E-state index in [1.165, 1.54) is 0 Å². The third kappa shape index (κ3) is 4.49. The summed E-state index contributed by atoms with van der Waals surface area (Å²) < 4.78 is 3.86. The quantitative estimate of drug-likeness (QED) is 0.668. The molecule has 0 aromatic carbocycles. The second-order valence-corrected chi connectivity index (χ2v) is 7.09. The Morgan fingerprint density at radius 3 is 2.52 bits per heavy atom. The first-order chi connectivity index (χ1) is 13.3. The van der Waals surface area contributed by atoms with Gasteiger partial charge in [-0.1, -0.05) is 0 Å². The molecule has 0 radical (unpaired) electrons. The molecule has 1 fully saturated rings. The molecule has 3 aromatic rings. The summed E-state index contributed by atoms with van der Waals surface area (Å²) in [6, 6.07) is 5.35. The zero-order valence-corrected chi connectivity index (χ0v) is 15.3. The van der Waals surface area contributed by atoms with Crippen LogP contribution < -0.4 is 5.56 Å². The second-order valence-electron chi connectivity index (χ2n) is 7.09. The van der Waals surface area contributed by atoms with Gasteiger partial charge in [-0.3, -0.25) is 14.3 Å². The molecule has 0 aliphatic carbocycles. The van der Waals surface area contributed by atoms with Gasteiger partial charge in [-0.15, -0.1) is 0 Å². The van der Waals surface area contributed by atoms with Gasteiger partial charge in [-0.25, -0.2) is 9.97 Å². The highest BCUT2D eigenvalue weighted by atomic mass is 16.1. The highest BCUT2D eigenvalue weighted by Gasteiger charge is 2.19. The zero-order chi connectivity index (χ0) is 18.5. The van der Waals surface area contributed by atoms with Crippen molar-refractivity contribution in [1.29, 1.82) is 0 Å². The van der Waals surface area contributed by atoms with Crippen molar-refractivity contribution in [2.24, 2.45) is 5.92 Å². The molecule has 1 aliphatic rings. The van der Waals surface area contributed by atoms with Gasteiger partial charge in [0, 0.05) is 56.1 Å². The number of nitrogens with zero attached hydrogens (tertiary/aromatic N) is 6. The molecule has 1 aliphatic heterocycles. The van der Waals surface area contributed by atoms with Gasteiger partial charge in [0.2, 0.25) is 0 Å². The van der Waals surface area contributed by atoms with Crippen LogP contribution >= 0.6 is 0 Å². The molecule has 140 valence electrons. The summed E-state index contributed by atoms with van der Waals surface area (Å²) in [6.45, 7) is 4.93. The lowest BCUT2D eigenvalue weighted by atomic mass is 9.96. The van der Waals surface area contributed by atoms with E-state index in [1.54, 1.807) is 29.4 Å². The minimum absolute atomic E-state index is 0.0133. The number of piperidine rings is 1. The molecule has 3 aromatic heterocycles. The van der Waals surface area contributed by atoms with Gasteiger partial charge in [0.15, 0.2) is 0 Å². The lowest BCUT2D eigenvalue weighted by molar-refractivity contribution is 0.168. The van der Waals surface area contributed by atoms with Gasteiger partial charge in [-0.2, -0.15) is 0 Å². The Labute approximate surface area is 158 Å². The van der Waals surface area contributed by atoms with Crippen molar-refractivity contribution in [2.45, 2.75) is 25.9 Å². The van der Waals surface area contributed by atoms with E-state index >= 15 is 0 Å². The highest BCUT2D eigenvalue weighted by molar-refractivity contribution is 5.57. The van der Waals surface area contributed by atoms with Gasteiger partial charge < -0.3 is 9.47 Å². The summed E-state index contributed by atoms with van der Waals surface area (Å²) in [5, 5.41) is 0. The minimum atomic E-state index is 0.0133. The highest BCUT2D eigenvalue weighted by Crippen LogP contribution is 2.19. The first-order valence-electron chi connectivity index (χ1n) is 9.43. The van der Waals surface area contributed by atoms with Crippen LogP contribution in [0.2, 0.25) is 0 Å². The van der Waals surface area contributed by atoms with Crippen molar-refractivity contribution in [3.05, 3.63) is 66.0 Å². The van der Waals surface area contributed by atoms with Crippen molar-refractivity contribution in [3.8, 4) is 11.3 Å².